The molecule has 2 unspecified atom stereocenters. The van der Waals surface area contributed by atoms with Gasteiger partial charge in [-0.25, -0.2) is 0 Å². The van der Waals surface area contributed by atoms with E-state index in [2.05, 4.69) is 34.9 Å². The van der Waals surface area contributed by atoms with E-state index in [0.717, 1.165) is 22.2 Å². The molecular formula is C17H19ClN2OS. The molecule has 0 fully saturated rings. The van der Waals surface area contributed by atoms with Gasteiger partial charge in [0.15, 0.2) is 0 Å². The Bertz CT molecular complexity index is 670. The van der Waals surface area contributed by atoms with Crippen molar-refractivity contribution < 1.29 is 4.79 Å². The number of halogens is 1. The standard InChI is InChI=1S/C17H19ClN2OS/c1-11(15-6-7-16(18)22-15)17(21)20-10-14-13-5-3-2-4-12(13)8-9-19-14/h2-7,11,14,19H,8-10H2,1H3,(H,20,21). The smallest absolute Gasteiger partial charge is 0.228 e. The van der Waals surface area contributed by atoms with E-state index in [1.54, 1.807) is 0 Å². The third-order valence-electron chi connectivity index (χ3n) is 4.11. The van der Waals surface area contributed by atoms with Crippen molar-refractivity contribution in [2.45, 2.75) is 25.3 Å². The first kappa shape index (κ1) is 15.5. The van der Waals surface area contributed by atoms with Crippen LogP contribution < -0.4 is 10.6 Å². The van der Waals surface area contributed by atoms with Crippen LogP contribution in [0.4, 0.5) is 0 Å². The van der Waals surface area contributed by atoms with Crippen molar-refractivity contribution >= 4 is 28.8 Å². The van der Waals surface area contributed by atoms with Gasteiger partial charge in [0.2, 0.25) is 5.91 Å². The predicted molar refractivity (Wildman–Crippen MR) is 91.6 cm³/mol. The minimum absolute atomic E-state index is 0.0448. The predicted octanol–water partition coefficient (Wildman–Crippen LogP) is 3.51. The number of benzene rings is 1. The van der Waals surface area contributed by atoms with Gasteiger partial charge in [-0.2, -0.15) is 0 Å². The summed E-state index contributed by atoms with van der Waals surface area (Å²) in [6, 6.07) is 12.4. The summed E-state index contributed by atoms with van der Waals surface area (Å²) in [4.78, 5) is 13.3. The molecule has 1 aromatic heterocycles. The van der Waals surface area contributed by atoms with Crippen LogP contribution in [0.15, 0.2) is 36.4 Å². The topological polar surface area (TPSA) is 41.1 Å². The molecule has 3 nitrogen and oxygen atoms in total. The lowest BCUT2D eigenvalue weighted by molar-refractivity contribution is -0.122. The van der Waals surface area contributed by atoms with Crippen molar-refractivity contribution in [3.8, 4) is 0 Å². The van der Waals surface area contributed by atoms with Gasteiger partial charge in [0.1, 0.15) is 0 Å². The molecule has 1 aromatic carbocycles. The fourth-order valence-electron chi connectivity index (χ4n) is 2.82. The molecule has 0 radical (unpaired) electrons. The first-order valence-electron chi connectivity index (χ1n) is 7.49. The Hall–Kier alpha value is -1.36. The molecule has 2 heterocycles. The molecule has 1 aliphatic rings. The summed E-state index contributed by atoms with van der Waals surface area (Å²) in [6.07, 6.45) is 1.05. The van der Waals surface area contributed by atoms with Crippen molar-refractivity contribution in [2.24, 2.45) is 0 Å². The van der Waals surface area contributed by atoms with Gasteiger partial charge in [0.05, 0.1) is 10.3 Å². The maximum Gasteiger partial charge on any atom is 0.228 e. The molecule has 1 amide bonds. The Morgan fingerprint density at radius 3 is 3.00 bits per heavy atom. The normalized spacial score (nSPS) is 18.5. The molecule has 5 heteroatoms. The molecule has 116 valence electrons. The van der Waals surface area contributed by atoms with Gasteiger partial charge >= 0.3 is 0 Å². The quantitative estimate of drug-likeness (QED) is 0.898. The second-order valence-corrected chi connectivity index (χ2v) is 7.31. The zero-order valence-electron chi connectivity index (χ0n) is 12.4. The highest BCUT2D eigenvalue weighted by molar-refractivity contribution is 7.16. The molecule has 0 spiro atoms. The molecule has 0 aliphatic carbocycles. The maximum absolute atomic E-state index is 12.3. The van der Waals surface area contributed by atoms with Crippen LogP contribution in [0.1, 0.15) is 34.9 Å². The van der Waals surface area contributed by atoms with E-state index in [1.165, 1.54) is 22.5 Å². The van der Waals surface area contributed by atoms with Crippen LogP contribution in [0, 0.1) is 0 Å². The Balaban J connectivity index is 1.62. The monoisotopic (exact) mass is 334 g/mol. The molecule has 22 heavy (non-hydrogen) atoms. The van der Waals surface area contributed by atoms with Crippen LogP contribution in [-0.4, -0.2) is 19.0 Å². The van der Waals surface area contributed by atoms with Crippen molar-refractivity contribution in [3.05, 3.63) is 56.7 Å². The van der Waals surface area contributed by atoms with Crippen molar-refractivity contribution in [3.63, 3.8) is 0 Å². The second-order valence-electron chi connectivity index (χ2n) is 5.56. The largest absolute Gasteiger partial charge is 0.354 e. The number of rotatable bonds is 4. The van der Waals surface area contributed by atoms with Crippen molar-refractivity contribution in [1.82, 2.24) is 10.6 Å². The third-order valence-corrected chi connectivity index (χ3v) is 5.52. The van der Waals surface area contributed by atoms with E-state index in [0.29, 0.717) is 6.54 Å². The van der Waals surface area contributed by atoms with Crippen LogP contribution in [0.5, 0.6) is 0 Å². The highest BCUT2D eigenvalue weighted by Crippen LogP contribution is 2.28. The molecule has 0 saturated carbocycles. The van der Waals surface area contributed by atoms with Crippen LogP contribution >= 0.6 is 22.9 Å². The maximum atomic E-state index is 12.3. The van der Waals surface area contributed by atoms with Gasteiger partial charge < -0.3 is 10.6 Å². The molecular weight excluding hydrogens is 316 g/mol. The zero-order chi connectivity index (χ0) is 15.5. The van der Waals surface area contributed by atoms with Crippen LogP contribution in [-0.2, 0) is 11.2 Å². The molecule has 2 atom stereocenters. The summed E-state index contributed by atoms with van der Waals surface area (Å²) in [5, 5.41) is 6.54. The Labute approximate surface area is 139 Å². The number of hydrogen-bond donors (Lipinski definition) is 2. The van der Waals surface area contributed by atoms with Crippen molar-refractivity contribution in [2.75, 3.05) is 13.1 Å². The number of fused-ring (bicyclic) bond motifs is 1. The summed E-state index contributed by atoms with van der Waals surface area (Å²) in [7, 11) is 0. The Morgan fingerprint density at radius 1 is 1.41 bits per heavy atom. The lowest BCUT2D eigenvalue weighted by Gasteiger charge is -2.27. The molecule has 2 aromatic rings. The number of carbonyl (C=O) groups excluding carboxylic acids is 1. The Kier molecular flexibility index (Phi) is 4.81. The SMILES string of the molecule is CC(C(=O)NCC1NCCc2ccccc21)c1ccc(Cl)s1. The number of nitrogens with one attached hydrogen (secondary N) is 2. The van der Waals surface area contributed by atoms with Gasteiger partial charge in [-0.05, 0) is 43.1 Å². The summed E-state index contributed by atoms with van der Waals surface area (Å²) >= 11 is 7.40. The fourth-order valence-corrected chi connectivity index (χ4v) is 3.93. The van der Waals surface area contributed by atoms with Gasteiger partial charge in [0.25, 0.3) is 0 Å². The number of thiophene rings is 1. The van der Waals surface area contributed by atoms with Crippen molar-refractivity contribution in [1.29, 1.82) is 0 Å². The van der Waals surface area contributed by atoms with Crippen LogP contribution in [0.25, 0.3) is 0 Å². The average molecular weight is 335 g/mol. The molecule has 2 N–H and O–H groups in total. The highest BCUT2D eigenvalue weighted by atomic mass is 35.5. The molecule has 1 aliphatic heterocycles. The highest BCUT2D eigenvalue weighted by Gasteiger charge is 2.22. The van der Waals surface area contributed by atoms with E-state index in [-0.39, 0.29) is 17.9 Å². The van der Waals surface area contributed by atoms with E-state index < -0.39 is 0 Å². The van der Waals surface area contributed by atoms with Crippen LogP contribution in [0.2, 0.25) is 4.34 Å². The first-order chi connectivity index (χ1) is 10.6. The van der Waals surface area contributed by atoms with E-state index in [4.69, 9.17) is 11.6 Å². The summed E-state index contributed by atoms with van der Waals surface area (Å²) in [6.45, 7) is 3.48. The third kappa shape index (κ3) is 3.35. The molecule has 0 saturated heterocycles. The lowest BCUT2D eigenvalue weighted by Crippen LogP contribution is -2.39. The number of amides is 1. The summed E-state index contributed by atoms with van der Waals surface area (Å²) < 4.78 is 0.720. The van der Waals surface area contributed by atoms with E-state index >= 15 is 0 Å². The minimum atomic E-state index is -0.170. The fraction of sp³-hybridized carbons (Fsp3) is 0.353. The lowest BCUT2D eigenvalue weighted by atomic mass is 9.94. The zero-order valence-corrected chi connectivity index (χ0v) is 14.0. The van der Waals surface area contributed by atoms with Gasteiger partial charge in [-0.15, -0.1) is 11.3 Å². The molecule has 3 rings (SSSR count). The minimum Gasteiger partial charge on any atom is -0.354 e. The number of hydrogen-bond acceptors (Lipinski definition) is 3. The van der Waals surface area contributed by atoms with E-state index in [9.17, 15) is 4.79 Å². The van der Waals surface area contributed by atoms with Gasteiger partial charge in [-0.3, -0.25) is 4.79 Å². The van der Waals surface area contributed by atoms with E-state index in [1.807, 2.05) is 19.1 Å². The first-order valence-corrected chi connectivity index (χ1v) is 8.68. The van der Waals surface area contributed by atoms with Crippen LogP contribution in [0.3, 0.4) is 0 Å². The summed E-state index contributed by atoms with van der Waals surface area (Å²) in [5.74, 6) is -0.125. The second kappa shape index (κ2) is 6.82. The van der Waals surface area contributed by atoms with Gasteiger partial charge in [-0.1, -0.05) is 35.9 Å². The van der Waals surface area contributed by atoms with Gasteiger partial charge in [0, 0.05) is 17.5 Å². The molecule has 0 bridgehead atoms. The Morgan fingerprint density at radius 2 is 2.23 bits per heavy atom. The summed E-state index contributed by atoms with van der Waals surface area (Å²) in [5.41, 5.74) is 2.67. The average Bonchev–Trinajstić information content (AvgIpc) is 2.98. The number of carbonyl (C=O) groups is 1.